The Morgan fingerprint density at radius 3 is 2.14 bits per heavy atom. The maximum Gasteiger partial charge on any atom is 0.237 e. The summed E-state index contributed by atoms with van der Waals surface area (Å²) in [4.78, 5) is 16.1. The maximum atomic E-state index is 11.8. The summed E-state index contributed by atoms with van der Waals surface area (Å²) < 4.78 is 0. The zero-order valence-corrected chi connectivity index (χ0v) is 9.95. The van der Waals surface area contributed by atoms with Crippen molar-refractivity contribution in [3.05, 3.63) is 0 Å². The molecule has 0 aliphatic carbocycles. The van der Waals surface area contributed by atoms with Gasteiger partial charge in [-0.2, -0.15) is 0 Å². The molecule has 1 saturated heterocycles. The normalized spacial score (nSPS) is 25.2. The number of rotatable bonds is 2. The fourth-order valence-corrected chi connectivity index (χ4v) is 2.18. The smallest absolute Gasteiger partial charge is 0.237 e. The highest BCUT2D eigenvalue weighted by Crippen LogP contribution is 2.15. The summed E-state index contributed by atoms with van der Waals surface area (Å²) in [5, 5.41) is 0. The first kappa shape index (κ1) is 11.5. The second kappa shape index (κ2) is 4.30. The lowest BCUT2D eigenvalue weighted by atomic mass is 10.1. The molecule has 1 aliphatic heterocycles. The van der Waals surface area contributed by atoms with Crippen LogP contribution in [-0.2, 0) is 4.79 Å². The minimum absolute atomic E-state index is 0.271. The molecule has 0 radical (unpaired) electrons. The Hall–Kier alpha value is -0.570. The van der Waals surface area contributed by atoms with E-state index in [0.717, 1.165) is 6.54 Å². The molecule has 0 aromatic carbocycles. The highest BCUT2D eigenvalue weighted by molar-refractivity contribution is 5.79. The number of carbonyl (C=O) groups is 1. The summed E-state index contributed by atoms with van der Waals surface area (Å²) >= 11 is 0. The zero-order valence-electron chi connectivity index (χ0n) is 9.95. The summed E-state index contributed by atoms with van der Waals surface area (Å²) in [7, 11) is 0. The summed E-state index contributed by atoms with van der Waals surface area (Å²) in [6.07, 6.45) is 0. The van der Waals surface area contributed by atoms with Crippen LogP contribution in [0.15, 0.2) is 0 Å². The SMILES string of the molecule is CC(C)N1CC(=O)N(C(C)C)[C@@H](C)C1. The molecule has 1 aliphatic rings. The second-order valence-electron chi connectivity index (χ2n) is 4.77. The van der Waals surface area contributed by atoms with Gasteiger partial charge in [-0.25, -0.2) is 0 Å². The predicted molar refractivity (Wildman–Crippen MR) is 58.2 cm³/mol. The first-order valence-electron chi connectivity index (χ1n) is 5.48. The number of carbonyl (C=O) groups excluding carboxylic acids is 1. The maximum absolute atomic E-state index is 11.8. The number of piperazine rings is 1. The van der Waals surface area contributed by atoms with E-state index in [1.165, 1.54) is 0 Å². The Balaban J connectivity index is 2.68. The van der Waals surface area contributed by atoms with E-state index in [2.05, 4.69) is 39.5 Å². The molecule has 0 saturated carbocycles. The van der Waals surface area contributed by atoms with Crippen LogP contribution >= 0.6 is 0 Å². The van der Waals surface area contributed by atoms with Crippen molar-refractivity contribution in [2.75, 3.05) is 13.1 Å². The van der Waals surface area contributed by atoms with Gasteiger partial charge in [0.05, 0.1) is 6.54 Å². The van der Waals surface area contributed by atoms with Gasteiger partial charge < -0.3 is 4.90 Å². The van der Waals surface area contributed by atoms with Crippen LogP contribution in [0.5, 0.6) is 0 Å². The first-order valence-corrected chi connectivity index (χ1v) is 5.48. The number of nitrogens with zero attached hydrogens (tertiary/aromatic N) is 2. The topological polar surface area (TPSA) is 23.6 Å². The molecule has 1 amide bonds. The summed E-state index contributed by atoms with van der Waals surface area (Å²) in [5.41, 5.74) is 0. The van der Waals surface area contributed by atoms with Gasteiger partial charge in [0.2, 0.25) is 5.91 Å². The molecule has 1 rings (SSSR count). The van der Waals surface area contributed by atoms with Gasteiger partial charge in [-0.1, -0.05) is 0 Å². The molecule has 0 unspecified atom stereocenters. The standard InChI is InChI=1S/C11H22N2O/c1-8(2)12-6-10(5)13(9(3)4)11(14)7-12/h8-10H,6-7H2,1-5H3/t10-/m0/s1. The van der Waals surface area contributed by atoms with Crippen LogP contribution in [0.1, 0.15) is 34.6 Å². The van der Waals surface area contributed by atoms with Gasteiger partial charge in [0.25, 0.3) is 0 Å². The Labute approximate surface area is 87.1 Å². The number of hydrogen-bond acceptors (Lipinski definition) is 2. The first-order chi connectivity index (χ1) is 6.43. The molecule has 1 atom stereocenters. The summed E-state index contributed by atoms with van der Waals surface area (Å²) in [6, 6.07) is 1.14. The number of hydrogen-bond donors (Lipinski definition) is 0. The van der Waals surface area contributed by atoms with Crippen molar-refractivity contribution >= 4 is 5.91 Å². The molecular formula is C11H22N2O. The molecule has 1 fully saturated rings. The molecule has 0 aromatic rings. The second-order valence-corrected chi connectivity index (χ2v) is 4.77. The lowest BCUT2D eigenvalue weighted by Crippen LogP contribution is -2.58. The quantitative estimate of drug-likeness (QED) is 0.668. The van der Waals surface area contributed by atoms with Gasteiger partial charge in [0.15, 0.2) is 0 Å². The van der Waals surface area contributed by atoms with Crippen LogP contribution in [0.3, 0.4) is 0 Å². The Kier molecular flexibility index (Phi) is 3.53. The minimum atomic E-state index is 0.271. The third kappa shape index (κ3) is 2.27. The fraction of sp³-hybridized carbons (Fsp3) is 0.909. The molecule has 3 heteroatoms. The van der Waals surface area contributed by atoms with Crippen LogP contribution in [0.2, 0.25) is 0 Å². The summed E-state index contributed by atoms with van der Waals surface area (Å²) in [6.45, 7) is 12.2. The van der Waals surface area contributed by atoms with Crippen LogP contribution in [0, 0.1) is 0 Å². The van der Waals surface area contributed by atoms with Crippen molar-refractivity contribution < 1.29 is 4.79 Å². The summed E-state index contributed by atoms with van der Waals surface area (Å²) in [5.74, 6) is 0.271. The van der Waals surface area contributed by atoms with Crippen molar-refractivity contribution in [3.63, 3.8) is 0 Å². The zero-order chi connectivity index (χ0) is 10.9. The van der Waals surface area contributed by atoms with E-state index < -0.39 is 0 Å². The lowest BCUT2D eigenvalue weighted by molar-refractivity contribution is -0.142. The Morgan fingerprint density at radius 2 is 1.79 bits per heavy atom. The van der Waals surface area contributed by atoms with Crippen molar-refractivity contribution in [1.29, 1.82) is 0 Å². The third-order valence-electron chi connectivity index (χ3n) is 2.89. The molecule has 0 aromatic heterocycles. The molecule has 3 nitrogen and oxygen atoms in total. The van der Waals surface area contributed by atoms with E-state index in [4.69, 9.17) is 0 Å². The highest BCUT2D eigenvalue weighted by Gasteiger charge is 2.31. The van der Waals surface area contributed by atoms with E-state index in [1.807, 2.05) is 4.90 Å². The largest absolute Gasteiger partial charge is 0.335 e. The van der Waals surface area contributed by atoms with Gasteiger partial charge in [0.1, 0.15) is 0 Å². The van der Waals surface area contributed by atoms with Crippen molar-refractivity contribution in [3.8, 4) is 0 Å². The highest BCUT2D eigenvalue weighted by atomic mass is 16.2. The number of amides is 1. The van der Waals surface area contributed by atoms with Crippen LogP contribution in [0.4, 0.5) is 0 Å². The lowest BCUT2D eigenvalue weighted by Gasteiger charge is -2.43. The molecule has 1 heterocycles. The van der Waals surface area contributed by atoms with E-state index in [-0.39, 0.29) is 5.91 Å². The van der Waals surface area contributed by atoms with Crippen molar-refractivity contribution in [2.24, 2.45) is 0 Å². The average molecular weight is 198 g/mol. The van der Waals surface area contributed by atoms with Crippen LogP contribution < -0.4 is 0 Å². The van der Waals surface area contributed by atoms with Gasteiger partial charge in [-0.15, -0.1) is 0 Å². The van der Waals surface area contributed by atoms with Gasteiger partial charge in [0, 0.05) is 24.7 Å². The van der Waals surface area contributed by atoms with E-state index in [0.29, 0.717) is 24.7 Å². The monoisotopic (exact) mass is 198 g/mol. The molecular weight excluding hydrogens is 176 g/mol. The van der Waals surface area contributed by atoms with Crippen molar-refractivity contribution in [1.82, 2.24) is 9.80 Å². The van der Waals surface area contributed by atoms with E-state index in [1.54, 1.807) is 0 Å². The van der Waals surface area contributed by atoms with Crippen LogP contribution in [-0.4, -0.2) is 46.9 Å². The average Bonchev–Trinajstić information content (AvgIpc) is 2.01. The minimum Gasteiger partial charge on any atom is -0.335 e. The third-order valence-corrected chi connectivity index (χ3v) is 2.89. The van der Waals surface area contributed by atoms with Crippen molar-refractivity contribution in [2.45, 2.75) is 52.7 Å². The molecule has 14 heavy (non-hydrogen) atoms. The van der Waals surface area contributed by atoms with Gasteiger partial charge in [-0.05, 0) is 34.6 Å². The molecule has 82 valence electrons. The van der Waals surface area contributed by atoms with E-state index in [9.17, 15) is 4.79 Å². The molecule has 0 N–H and O–H groups in total. The molecule has 0 bridgehead atoms. The van der Waals surface area contributed by atoms with Gasteiger partial charge in [-0.3, -0.25) is 9.69 Å². The Morgan fingerprint density at radius 1 is 1.21 bits per heavy atom. The Bertz CT molecular complexity index is 213. The molecule has 0 spiro atoms. The van der Waals surface area contributed by atoms with E-state index >= 15 is 0 Å². The fourth-order valence-electron chi connectivity index (χ4n) is 2.18. The van der Waals surface area contributed by atoms with Crippen LogP contribution in [0.25, 0.3) is 0 Å². The van der Waals surface area contributed by atoms with Gasteiger partial charge >= 0.3 is 0 Å². The predicted octanol–water partition coefficient (Wildman–Crippen LogP) is 1.34.